The molecule has 0 atom stereocenters. The monoisotopic (exact) mass is 458 g/mol. The van der Waals surface area contributed by atoms with Crippen molar-refractivity contribution < 1.29 is 4.74 Å². The van der Waals surface area contributed by atoms with E-state index in [0.717, 1.165) is 79.0 Å². The van der Waals surface area contributed by atoms with Crippen molar-refractivity contribution in [3.05, 3.63) is 42.1 Å². The molecule has 3 aromatic heterocycles. The Balaban J connectivity index is 1.33. The van der Waals surface area contributed by atoms with Crippen molar-refractivity contribution in [2.24, 2.45) is 5.92 Å². The number of H-pyrrole nitrogens is 1. The molecule has 0 amide bonds. The quantitative estimate of drug-likeness (QED) is 0.607. The van der Waals surface area contributed by atoms with Gasteiger partial charge in [0.1, 0.15) is 5.52 Å². The molecule has 1 saturated heterocycles. The Morgan fingerprint density at radius 3 is 2.79 bits per heavy atom. The topological polar surface area (TPSA) is 87.1 Å². The van der Waals surface area contributed by atoms with Crippen molar-refractivity contribution in [2.75, 3.05) is 50.8 Å². The van der Waals surface area contributed by atoms with Crippen LogP contribution in [0.3, 0.4) is 0 Å². The maximum absolute atomic E-state index is 5.58. The molecule has 176 valence electrons. The van der Waals surface area contributed by atoms with Gasteiger partial charge in [0.15, 0.2) is 0 Å². The van der Waals surface area contributed by atoms with Gasteiger partial charge in [-0.1, -0.05) is 6.08 Å². The molecule has 0 bridgehead atoms. The van der Waals surface area contributed by atoms with E-state index in [0.29, 0.717) is 13.2 Å². The lowest BCUT2D eigenvalue weighted by Gasteiger charge is -2.28. The van der Waals surface area contributed by atoms with Gasteiger partial charge in [0.05, 0.1) is 42.9 Å². The smallest absolute Gasteiger partial charge is 0.226 e. The number of nitrogens with one attached hydrogen (secondary N) is 2. The molecule has 1 saturated carbocycles. The Morgan fingerprint density at radius 1 is 1.06 bits per heavy atom. The van der Waals surface area contributed by atoms with Crippen molar-refractivity contribution in [1.82, 2.24) is 34.9 Å². The van der Waals surface area contributed by atoms with Crippen molar-refractivity contribution >= 4 is 22.6 Å². The molecule has 2 fully saturated rings. The first-order valence-electron chi connectivity index (χ1n) is 12.4. The van der Waals surface area contributed by atoms with Crippen LogP contribution < -0.4 is 10.2 Å². The fourth-order valence-electron chi connectivity index (χ4n) is 5.29. The van der Waals surface area contributed by atoms with Crippen LogP contribution in [0.2, 0.25) is 0 Å². The van der Waals surface area contributed by atoms with E-state index >= 15 is 0 Å². The number of allylic oxidation sites excluding steroid dienone is 2. The van der Waals surface area contributed by atoms with Gasteiger partial charge in [-0.05, 0) is 31.0 Å². The number of fused-ring (bicyclic) bond motifs is 2. The predicted molar refractivity (Wildman–Crippen MR) is 131 cm³/mol. The van der Waals surface area contributed by atoms with Crippen LogP contribution in [0.5, 0.6) is 0 Å². The molecule has 3 aliphatic heterocycles. The molecule has 9 heteroatoms. The Hall–Kier alpha value is -3.17. The SMILES string of the molecule is C1=CC(c2nc(N3CCOCC3)nc3c(-c4cnn5c4CN(CC4CC4)CC5)c[nH]c23)=CCN1. The Kier molecular flexibility index (Phi) is 4.91. The second kappa shape index (κ2) is 8.25. The third kappa shape index (κ3) is 3.59. The summed E-state index contributed by atoms with van der Waals surface area (Å²) in [6.07, 6.45) is 13.1. The molecular weight excluding hydrogens is 428 g/mol. The lowest BCUT2D eigenvalue weighted by atomic mass is 10.0. The highest BCUT2D eigenvalue weighted by Gasteiger charge is 2.29. The summed E-state index contributed by atoms with van der Waals surface area (Å²) < 4.78 is 7.76. The molecule has 0 radical (unpaired) electrons. The zero-order valence-electron chi connectivity index (χ0n) is 19.3. The summed E-state index contributed by atoms with van der Waals surface area (Å²) >= 11 is 0. The summed E-state index contributed by atoms with van der Waals surface area (Å²) in [6, 6.07) is 0. The van der Waals surface area contributed by atoms with Crippen molar-refractivity contribution in [1.29, 1.82) is 0 Å². The van der Waals surface area contributed by atoms with Crippen LogP contribution in [-0.2, 0) is 17.8 Å². The standard InChI is InChI=1S/C25H30N8O/c1-2-17(1)15-31-7-8-33-21(16-31)19(14-28-33)20-13-27-24-22(18-3-5-26-6-4-18)29-25(30-23(20)24)32-9-11-34-12-10-32/h3-5,13-14,17,26-27H,1-2,6-12,15-16H2. The van der Waals surface area contributed by atoms with E-state index in [9.17, 15) is 0 Å². The molecule has 3 aromatic rings. The zero-order chi connectivity index (χ0) is 22.5. The second-order valence-electron chi connectivity index (χ2n) is 9.71. The van der Waals surface area contributed by atoms with E-state index in [2.05, 4.69) is 43.1 Å². The summed E-state index contributed by atoms with van der Waals surface area (Å²) in [5.41, 5.74) is 7.60. The summed E-state index contributed by atoms with van der Waals surface area (Å²) in [6.45, 7) is 8.02. The molecule has 4 aliphatic rings. The minimum absolute atomic E-state index is 0.705. The van der Waals surface area contributed by atoms with Crippen LogP contribution in [-0.4, -0.2) is 75.6 Å². The first kappa shape index (κ1) is 20.2. The summed E-state index contributed by atoms with van der Waals surface area (Å²) in [4.78, 5) is 18.5. The number of aromatic amines is 1. The predicted octanol–water partition coefficient (Wildman–Crippen LogP) is 2.38. The van der Waals surface area contributed by atoms with E-state index in [-0.39, 0.29) is 0 Å². The average Bonchev–Trinajstić information content (AvgIpc) is 3.45. The number of hydrogen-bond acceptors (Lipinski definition) is 7. The van der Waals surface area contributed by atoms with E-state index in [1.807, 2.05) is 12.4 Å². The molecule has 6 heterocycles. The minimum Gasteiger partial charge on any atom is -0.387 e. The fraction of sp³-hybridized carbons (Fsp3) is 0.480. The average molecular weight is 459 g/mol. The van der Waals surface area contributed by atoms with Crippen LogP contribution in [0.25, 0.3) is 27.7 Å². The van der Waals surface area contributed by atoms with E-state index < -0.39 is 0 Å². The third-order valence-corrected chi connectivity index (χ3v) is 7.35. The number of ether oxygens (including phenoxy) is 1. The summed E-state index contributed by atoms with van der Waals surface area (Å²) in [7, 11) is 0. The van der Waals surface area contributed by atoms with Crippen LogP contribution >= 0.6 is 0 Å². The molecule has 0 aromatic carbocycles. The normalized spacial score (nSPS) is 20.9. The van der Waals surface area contributed by atoms with Crippen molar-refractivity contribution in [3.63, 3.8) is 0 Å². The van der Waals surface area contributed by atoms with Crippen LogP contribution in [0, 0.1) is 5.92 Å². The van der Waals surface area contributed by atoms with Gasteiger partial charge in [0, 0.05) is 62.2 Å². The molecule has 34 heavy (non-hydrogen) atoms. The highest BCUT2D eigenvalue weighted by atomic mass is 16.5. The van der Waals surface area contributed by atoms with Crippen LogP contribution in [0.15, 0.2) is 30.7 Å². The van der Waals surface area contributed by atoms with Gasteiger partial charge in [-0.3, -0.25) is 9.58 Å². The van der Waals surface area contributed by atoms with Crippen molar-refractivity contribution in [2.45, 2.75) is 25.9 Å². The van der Waals surface area contributed by atoms with E-state index in [4.69, 9.17) is 19.8 Å². The number of morpholine rings is 1. The first-order valence-corrected chi connectivity index (χ1v) is 12.4. The number of dihydropyridines is 1. The molecule has 2 N–H and O–H groups in total. The summed E-state index contributed by atoms with van der Waals surface area (Å²) in [5.74, 6) is 1.67. The minimum atomic E-state index is 0.705. The molecule has 0 spiro atoms. The highest BCUT2D eigenvalue weighted by Crippen LogP contribution is 2.37. The van der Waals surface area contributed by atoms with E-state index in [1.165, 1.54) is 30.6 Å². The molecular formula is C25H30N8O. The first-order chi connectivity index (χ1) is 16.8. The Morgan fingerprint density at radius 2 is 1.97 bits per heavy atom. The molecule has 9 nitrogen and oxygen atoms in total. The number of rotatable bonds is 5. The molecule has 1 aliphatic carbocycles. The van der Waals surface area contributed by atoms with Gasteiger partial charge in [0.25, 0.3) is 0 Å². The van der Waals surface area contributed by atoms with Gasteiger partial charge in [0.2, 0.25) is 5.95 Å². The zero-order valence-corrected chi connectivity index (χ0v) is 19.3. The van der Waals surface area contributed by atoms with Gasteiger partial charge >= 0.3 is 0 Å². The number of aromatic nitrogens is 5. The maximum atomic E-state index is 5.58. The Labute approximate surface area is 198 Å². The maximum Gasteiger partial charge on any atom is 0.226 e. The lowest BCUT2D eigenvalue weighted by Crippen LogP contribution is -2.37. The Bertz CT molecular complexity index is 1280. The van der Waals surface area contributed by atoms with Crippen molar-refractivity contribution in [3.8, 4) is 11.1 Å². The molecule has 0 unspecified atom stereocenters. The summed E-state index contributed by atoms with van der Waals surface area (Å²) in [5, 5.41) is 7.99. The van der Waals surface area contributed by atoms with Crippen LogP contribution in [0.1, 0.15) is 24.2 Å². The molecule has 7 rings (SSSR count). The fourth-order valence-corrected chi connectivity index (χ4v) is 5.29. The second-order valence-corrected chi connectivity index (χ2v) is 9.71. The highest BCUT2D eigenvalue weighted by molar-refractivity contribution is 5.99. The van der Waals surface area contributed by atoms with Crippen LogP contribution in [0.4, 0.5) is 5.95 Å². The largest absolute Gasteiger partial charge is 0.387 e. The van der Waals surface area contributed by atoms with Gasteiger partial charge in [-0.15, -0.1) is 0 Å². The van der Waals surface area contributed by atoms with Gasteiger partial charge < -0.3 is 19.9 Å². The van der Waals surface area contributed by atoms with E-state index in [1.54, 1.807) is 0 Å². The lowest BCUT2D eigenvalue weighted by molar-refractivity contribution is 0.122. The van der Waals surface area contributed by atoms with Gasteiger partial charge in [-0.25, -0.2) is 9.97 Å². The number of anilines is 1. The number of hydrogen-bond donors (Lipinski definition) is 2. The van der Waals surface area contributed by atoms with Gasteiger partial charge in [-0.2, -0.15) is 5.10 Å². The third-order valence-electron chi connectivity index (χ3n) is 7.35. The number of nitrogens with zero attached hydrogens (tertiary/aromatic N) is 6.